The molecule has 4 aromatic carbocycles. The predicted molar refractivity (Wildman–Crippen MR) is 166 cm³/mol. The van der Waals surface area contributed by atoms with Crippen molar-refractivity contribution in [2.45, 2.75) is 20.0 Å². The van der Waals surface area contributed by atoms with Gasteiger partial charge in [0.05, 0.1) is 12.2 Å². The Hall–Kier alpha value is -4.39. The number of rotatable bonds is 9. The monoisotopic (exact) mass is 599 g/mol. The summed E-state index contributed by atoms with van der Waals surface area (Å²) in [4.78, 5) is 14.8. The van der Waals surface area contributed by atoms with Crippen LogP contribution in [0.5, 0.6) is 11.5 Å². The number of hydrogen-bond acceptors (Lipinski definition) is 3. The fourth-order valence-electron chi connectivity index (χ4n) is 4.44. The minimum Gasteiger partial charge on any atom is -0.457 e. The van der Waals surface area contributed by atoms with Gasteiger partial charge in [-0.15, -0.1) is 0 Å². The Labute approximate surface area is 254 Å². The van der Waals surface area contributed by atoms with Crippen LogP contribution in [0.15, 0.2) is 103 Å². The van der Waals surface area contributed by atoms with Gasteiger partial charge in [-0.3, -0.25) is 9.48 Å². The van der Waals surface area contributed by atoms with Crippen LogP contribution in [0.2, 0.25) is 10.0 Å². The van der Waals surface area contributed by atoms with Crippen molar-refractivity contribution in [2.75, 3.05) is 7.05 Å². The molecule has 8 heteroatoms. The van der Waals surface area contributed by atoms with Crippen LogP contribution >= 0.6 is 23.2 Å². The zero-order valence-corrected chi connectivity index (χ0v) is 24.6. The van der Waals surface area contributed by atoms with Crippen LogP contribution in [0, 0.1) is 12.7 Å². The molecule has 0 aliphatic heterocycles. The lowest BCUT2D eigenvalue weighted by Gasteiger charge is -2.18. The molecule has 0 aliphatic carbocycles. The lowest BCUT2D eigenvalue weighted by atomic mass is 10.1. The summed E-state index contributed by atoms with van der Waals surface area (Å²) in [6.07, 6.45) is 5.21. The molecule has 42 heavy (non-hydrogen) atoms. The van der Waals surface area contributed by atoms with Gasteiger partial charge in [0.2, 0.25) is 5.91 Å². The molecule has 0 N–H and O–H groups in total. The number of aryl methyl sites for hydroxylation is 1. The highest BCUT2D eigenvalue weighted by molar-refractivity contribution is 6.31. The van der Waals surface area contributed by atoms with E-state index >= 15 is 0 Å². The fourth-order valence-corrected chi connectivity index (χ4v) is 4.80. The van der Waals surface area contributed by atoms with E-state index in [2.05, 4.69) is 0 Å². The predicted octanol–water partition coefficient (Wildman–Crippen LogP) is 8.82. The van der Waals surface area contributed by atoms with Crippen molar-refractivity contribution in [1.29, 1.82) is 0 Å². The van der Waals surface area contributed by atoms with Gasteiger partial charge in [0, 0.05) is 52.6 Å². The highest BCUT2D eigenvalue weighted by Gasteiger charge is 2.15. The van der Waals surface area contributed by atoms with Gasteiger partial charge >= 0.3 is 0 Å². The van der Waals surface area contributed by atoms with E-state index in [-0.39, 0.29) is 18.3 Å². The smallest absolute Gasteiger partial charge is 0.246 e. The molecule has 1 heterocycles. The van der Waals surface area contributed by atoms with Crippen LogP contribution in [0.3, 0.4) is 0 Å². The number of hydrogen-bond donors (Lipinski definition) is 0. The quantitative estimate of drug-likeness (QED) is 0.159. The second kappa shape index (κ2) is 13.1. The van der Waals surface area contributed by atoms with Gasteiger partial charge < -0.3 is 9.64 Å². The summed E-state index contributed by atoms with van der Waals surface area (Å²) < 4.78 is 21.6. The highest BCUT2D eigenvalue weighted by Crippen LogP contribution is 2.31. The van der Waals surface area contributed by atoms with Crippen LogP contribution in [-0.2, 0) is 17.9 Å². The van der Waals surface area contributed by atoms with Crippen molar-refractivity contribution < 1.29 is 13.9 Å². The summed E-state index contributed by atoms with van der Waals surface area (Å²) >= 11 is 12.6. The van der Waals surface area contributed by atoms with E-state index in [0.29, 0.717) is 33.7 Å². The minimum atomic E-state index is -0.310. The number of benzene rings is 4. The van der Waals surface area contributed by atoms with Gasteiger partial charge in [-0.05, 0) is 60.5 Å². The van der Waals surface area contributed by atoms with Crippen LogP contribution in [0.1, 0.15) is 22.3 Å². The van der Waals surface area contributed by atoms with E-state index < -0.39 is 0 Å². The Morgan fingerprint density at radius 1 is 0.976 bits per heavy atom. The van der Waals surface area contributed by atoms with Crippen molar-refractivity contribution >= 4 is 35.2 Å². The molecule has 0 spiro atoms. The van der Waals surface area contributed by atoms with Gasteiger partial charge in [-0.1, -0.05) is 77.8 Å². The fraction of sp³-hybridized carbons (Fsp3) is 0.118. The Morgan fingerprint density at radius 3 is 2.50 bits per heavy atom. The van der Waals surface area contributed by atoms with Crippen LogP contribution < -0.4 is 4.74 Å². The number of carbonyl (C=O) groups is 1. The molecular formula is C34H28Cl2FN3O2. The molecule has 0 atom stereocenters. The number of halogens is 3. The Morgan fingerprint density at radius 2 is 1.74 bits per heavy atom. The standard InChI is InChI=1S/C34H28Cl2FN3O2/c1-23-18-29(15-16-31(23)37)42-32-19-28(35)14-12-26(32)20-39(2)33(41)17-13-27-22-40(21-25-10-6-7-11-30(25)36)38-34(27)24-8-4-3-5-9-24/h3-19,22H,20-21H2,1-2H3/b17-13+. The van der Waals surface area contributed by atoms with Gasteiger partial charge in [0.1, 0.15) is 17.3 Å². The van der Waals surface area contributed by atoms with Gasteiger partial charge in [-0.2, -0.15) is 5.10 Å². The molecule has 5 nitrogen and oxygen atoms in total. The number of nitrogens with zero attached hydrogens (tertiary/aromatic N) is 3. The first-order chi connectivity index (χ1) is 20.3. The molecule has 0 fully saturated rings. The summed E-state index contributed by atoms with van der Waals surface area (Å²) in [5.41, 5.74) is 4.68. The van der Waals surface area contributed by atoms with E-state index in [9.17, 15) is 9.18 Å². The molecule has 0 radical (unpaired) electrons. The van der Waals surface area contributed by atoms with E-state index in [4.69, 9.17) is 33.0 Å². The third-order valence-electron chi connectivity index (χ3n) is 6.70. The van der Waals surface area contributed by atoms with Gasteiger partial charge in [0.25, 0.3) is 0 Å². The lowest BCUT2D eigenvalue weighted by Crippen LogP contribution is -2.24. The molecule has 0 aliphatic rings. The average molecular weight is 601 g/mol. The molecule has 5 rings (SSSR count). The lowest BCUT2D eigenvalue weighted by molar-refractivity contribution is -0.125. The number of aromatic nitrogens is 2. The molecular weight excluding hydrogens is 572 g/mol. The molecule has 0 bridgehead atoms. The number of amides is 1. The molecule has 0 unspecified atom stereocenters. The van der Waals surface area contributed by atoms with E-state index in [1.165, 1.54) is 12.1 Å². The number of ether oxygens (including phenoxy) is 1. The molecule has 0 saturated carbocycles. The first-order valence-electron chi connectivity index (χ1n) is 13.3. The van der Waals surface area contributed by atoms with Crippen LogP contribution in [0.4, 0.5) is 4.39 Å². The number of likely N-dealkylation sites (N-methyl/N-ethyl adjacent to an activating group) is 1. The summed E-state index contributed by atoms with van der Waals surface area (Å²) in [6, 6.07) is 27.2. The van der Waals surface area contributed by atoms with Gasteiger partial charge in [0.15, 0.2) is 0 Å². The minimum absolute atomic E-state index is 0.202. The average Bonchev–Trinajstić information content (AvgIpc) is 3.39. The Kier molecular flexibility index (Phi) is 9.06. The topological polar surface area (TPSA) is 47.4 Å². The molecule has 5 aromatic rings. The van der Waals surface area contributed by atoms with E-state index in [0.717, 1.165) is 27.9 Å². The second-order valence-electron chi connectivity index (χ2n) is 9.88. The maximum Gasteiger partial charge on any atom is 0.246 e. The van der Waals surface area contributed by atoms with Crippen molar-refractivity contribution in [3.8, 4) is 22.8 Å². The number of carbonyl (C=O) groups excluding carboxylic acids is 1. The molecule has 212 valence electrons. The summed E-state index contributed by atoms with van der Waals surface area (Å²) in [5.74, 6) is 0.458. The first kappa shape index (κ1) is 29.1. The third kappa shape index (κ3) is 7.08. The van der Waals surface area contributed by atoms with Crippen LogP contribution in [0.25, 0.3) is 17.3 Å². The SMILES string of the molecule is Cc1cc(Oc2cc(Cl)ccc2CN(C)C(=O)/C=C/c2cn(Cc3ccccc3Cl)nc2-c2ccccc2)ccc1F. The third-order valence-corrected chi connectivity index (χ3v) is 7.31. The van der Waals surface area contributed by atoms with Gasteiger partial charge in [-0.25, -0.2) is 4.39 Å². The summed E-state index contributed by atoms with van der Waals surface area (Å²) in [6.45, 7) is 2.44. The molecule has 0 saturated heterocycles. The molecule has 1 amide bonds. The van der Waals surface area contributed by atoms with Crippen molar-refractivity contribution in [1.82, 2.24) is 14.7 Å². The maximum absolute atomic E-state index is 13.7. The highest BCUT2D eigenvalue weighted by atomic mass is 35.5. The first-order valence-corrected chi connectivity index (χ1v) is 14.0. The summed E-state index contributed by atoms with van der Waals surface area (Å²) in [7, 11) is 1.71. The second-order valence-corrected chi connectivity index (χ2v) is 10.7. The normalized spacial score (nSPS) is 11.2. The summed E-state index contributed by atoms with van der Waals surface area (Å²) in [5, 5.41) is 5.97. The Balaban J connectivity index is 1.36. The van der Waals surface area contributed by atoms with E-state index in [1.54, 1.807) is 49.2 Å². The Bertz CT molecular complexity index is 1750. The molecule has 1 aromatic heterocycles. The zero-order chi connectivity index (χ0) is 29.6. The van der Waals surface area contributed by atoms with E-state index in [1.807, 2.05) is 71.5 Å². The van der Waals surface area contributed by atoms with Crippen LogP contribution in [-0.4, -0.2) is 27.6 Å². The van der Waals surface area contributed by atoms with Crippen molar-refractivity contribution in [3.63, 3.8) is 0 Å². The zero-order valence-electron chi connectivity index (χ0n) is 23.1. The largest absolute Gasteiger partial charge is 0.457 e. The maximum atomic E-state index is 13.7. The van der Waals surface area contributed by atoms with Crippen molar-refractivity contribution in [2.24, 2.45) is 0 Å². The van der Waals surface area contributed by atoms with Crippen molar-refractivity contribution in [3.05, 3.63) is 141 Å².